The van der Waals surface area contributed by atoms with Crippen molar-refractivity contribution in [2.75, 3.05) is 34.4 Å². The SMILES string of the molecule is Nc1ccc(-c2ccccc2)c(-c2c(-c3cc(N)ccc3-c3ccccc3)c(-c3cc(N)ccc3-c3ccccc3)c(-c3cc(N)ccc3-c3ccccc3)c(-c3cc(N)ccc3-c3ccccc3)c2-c2cc(N)ccc2-c2ccccc2)c1. The van der Waals surface area contributed by atoms with E-state index in [0.29, 0.717) is 34.1 Å². The highest BCUT2D eigenvalue weighted by molar-refractivity contribution is 6.22. The molecule has 0 saturated carbocycles. The van der Waals surface area contributed by atoms with E-state index in [1.807, 2.05) is 72.8 Å². The largest absolute Gasteiger partial charge is 0.399 e. The third-order valence-corrected chi connectivity index (χ3v) is 15.9. The number of benzene rings is 13. The third-order valence-electron chi connectivity index (χ3n) is 15.9. The first-order valence-electron chi connectivity index (χ1n) is 28.1. The maximum atomic E-state index is 7.28. The fourth-order valence-electron chi connectivity index (χ4n) is 12.2. The van der Waals surface area contributed by atoms with E-state index in [2.05, 4.69) is 218 Å². The van der Waals surface area contributed by atoms with Gasteiger partial charge in [0.05, 0.1) is 0 Å². The topological polar surface area (TPSA) is 156 Å². The number of nitrogens with two attached hydrogens (primary N) is 6. The first kappa shape index (κ1) is 52.1. The smallest absolute Gasteiger partial charge is 0.0320 e. The van der Waals surface area contributed by atoms with Gasteiger partial charge in [0.15, 0.2) is 0 Å². The van der Waals surface area contributed by atoms with Gasteiger partial charge in [-0.25, -0.2) is 0 Å². The second-order valence-electron chi connectivity index (χ2n) is 21.3. The van der Waals surface area contributed by atoms with Crippen molar-refractivity contribution in [1.29, 1.82) is 0 Å². The van der Waals surface area contributed by atoms with Crippen molar-refractivity contribution in [3.8, 4) is 134 Å². The van der Waals surface area contributed by atoms with Crippen molar-refractivity contribution in [1.82, 2.24) is 0 Å². The lowest BCUT2D eigenvalue weighted by atomic mass is 9.69. The molecule has 0 heterocycles. The van der Waals surface area contributed by atoms with Crippen LogP contribution < -0.4 is 34.4 Å². The maximum Gasteiger partial charge on any atom is 0.0320 e. The van der Waals surface area contributed by atoms with Crippen LogP contribution in [0.2, 0.25) is 0 Å². The first-order chi connectivity index (χ1) is 41.2. The summed E-state index contributed by atoms with van der Waals surface area (Å²) in [6, 6.07) is 101. The summed E-state index contributed by atoms with van der Waals surface area (Å²) >= 11 is 0. The highest BCUT2D eigenvalue weighted by Crippen LogP contribution is 2.62. The third kappa shape index (κ3) is 9.84. The second kappa shape index (κ2) is 22.3. The lowest BCUT2D eigenvalue weighted by molar-refractivity contribution is 1.49. The van der Waals surface area contributed by atoms with Gasteiger partial charge in [-0.15, -0.1) is 0 Å². The summed E-state index contributed by atoms with van der Waals surface area (Å²) in [4.78, 5) is 0. The van der Waals surface area contributed by atoms with Gasteiger partial charge in [-0.3, -0.25) is 0 Å². The molecule has 6 heteroatoms. The Morgan fingerprint density at radius 1 is 0.131 bits per heavy atom. The van der Waals surface area contributed by atoms with E-state index in [0.717, 1.165) is 134 Å². The molecule has 13 aromatic carbocycles. The van der Waals surface area contributed by atoms with Gasteiger partial charge in [-0.2, -0.15) is 0 Å². The zero-order chi connectivity index (χ0) is 57.3. The van der Waals surface area contributed by atoms with Crippen LogP contribution in [0.1, 0.15) is 0 Å². The lowest BCUT2D eigenvalue weighted by Crippen LogP contribution is -2.07. The van der Waals surface area contributed by atoms with Gasteiger partial charge in [0.1, 0.15) is 0 Å². The average molecular weight is 1080 g/mol. The van der Waals surface area contributed by atoms with Crippen LogP contribution in [0.15, 0.2) is 291 Å². The van der Waals surface area contributed by atoms with E-state index < -0.39 is 0 Å². The summed E-state index contributed by atoms with van der Waals surface area (Å²) < 4.78 is 0. The summed E-state index contributed by atoms with van der Waals surface area (Å²) in [6.45, 7) is 0. The molecule has 0 fully saturated rings. The molecule has 13 rings (SSSR count). The van der Waals surface area contributed by atoms with Crippen LogP contribution in [-0.2, 0) is 0 Å². The molecule has 0 aliphatic heterocycles. The summed E-state index contributed by atoms with van der Waals surface area (Å²) in [5, 5.41) is 0. The van der Waals surface area contributed by atoms with Crippen molar-refractivity contribution in [3.63, 3.8) is 0 Å². The Kier molecular flexibility index (Phi) is 13.8. The minimum Gasteiger partial charge on any atom is -0.399 e. The average Bonchev–Trinajstić information content (AvgIpc) is 0.818. The fraction of sp³-hybridized carbons (Fsp3) is 0. The van der Waals surface area contributed by atoms with Crippen LogP contribution in [0.5, 0.6) is 0 Å². The molecule has 0 unspecified atom stereocenters. The van der Waals surface area contributed by atoms with Gasteiger partial charge < -0.3 is 34.4 Å². The Balaban J connectivity index is 1.44. The van der Waals surface area contributed by atoms with Crippen molar-refractivity contribution in [3.05, 3.63) is 291 Å². The molecule has 0 spiro atoms. The van der Waals surface area contributed by atoms with E-state index in [9.17, 15) is 0 Å². The Bertz CT molecular complexity index is 3790. The van der Waals surface area contributed by atoms with Crippen LogP contribution in [0, 0.1) is 0 Å². The van der Waals surface area contributed by atoms with Gasteiger partial charge in [0.2, 0.25) is 0 Å². The fourth-order valence-corrected chi connectivity index (χ4v) is 12.2. The van der Waals surface area contributed by atoms with Crippen LogP contribution in [-0.4, -0.2) is 0 Å². The zero-order valence-electron chi connectivity index (χ0n) is 46.2. The first-order valence-corrected chi connectivity index (χ1v) is 28.1. The summed E-state index contributed by atoms with van der Waals surface area (Å²) in [5.41, 5.74) is 69.3. The highest BCUT2D eigenvalue weighted by atomic mass is 14.6. The predicted octanol–water partition coefficient (Wildman–Crippen LogP) is 19.2. The highest BCUT2D eigenvalue weighted by Gasteiger charge is 2.35. The minimum absolute atomic E-state index is 0.575. The van der Waals surface area contributed by atoms with E-state index in [1.54, 1.807) is 0 Å². The molecule has 0 radical (unpaired) electrons. The van der Waals surface area contributed by atoms with Crippen LogP contribution in [0.4, 0.5) is 34.1 Å². The van der Waals surface area contributed by atoms with Crippen molar-refractivity contribution in [2.45, 2.75) is 0 Å². The molecular weight excluding hydrogens is 1020 g/mol. The molecule has 13 aromatic rings. The Hall–Kier alpha value is -11.3. The van der Waals surface area contributed by atoms with Crippen molar-refractivity contribution < 1.29 is 0 Å². The minimum atomic E-state index is 0.575. The second-order valence-corrected chi connectivity index (χ2v) is 21.3. The van der Waals surface area contributed by atoms with E-state index in [-0.39, 0.29) is 0 Å². The normalized spacial score (nSPS) is 11.1. The van der Waals surface area contributed by atoms with Crippen molar-refractivity contribution in [2.24, 2.45) is 0 Å². The molecule has 84 heavy (non-hydrogen) atoms. The van der Waals surface area contributed by atoms with Gasteiger partial charge >= 0.3 is 0 Å². The molecule has 0 aliphatic rings. The standard InChI is InChI=1S/C78H60N6/c79-55-31-37-61(49-19-7-1-8-20-49)67(43-55)73-74(68-44-56(80)32-38-62(68)50-21-9-2-10-22-50)76(70-46-58(82)34-40-64(70)52-25-13-4-14-26-52)78(72-48-60(84)36-42-66(72)54-29-17-6-18-30-54)77(71-47-59(83)35-41-65(71)53-27-15-5-16-28-53)75(73)69-45-57(81)33-39-63(69)51-23-11-3-12-24-51/h1-48H,79-84H2. The molecule has 0 aromatic heterocycles. The number of hydrogen-bond donors (Lipinski definition) is 6. The van der Waals surface area contributed by atoms with Gasteiger partial charge in [-0.05, 0) is 206 Å². The molecule has 0 amide bonds. The quantitative estimate of drug-likeness (QED) is 0.0669. The summed E-state index contributed by atoms with van der Waals surface area (Å²) in [7, 11) is 0. The van der Waals surface area contributed by atoms with Gasteiger partial charge in [-0.1, -0.05) is 218 Å². The molecule has 0 aliphatic carbocycles. The number of anilines is 6. The lowest BCUT2D eigenvalue weighted by Gasteiger charge is -2.33. The molecule has 12 N–H and O–H groups in total. The Morgan fingerprint density at radius 3 is 0.393 bits per heavy atom. The van der Waals surface area contributed by atoms with E-state index in [1.165, 1.54) is 0 Å². The van der Waals surface area contributed by atoms with Crippen LogP contribution >= 0.6 is 0 Å². The van der Waals surface area contributed by atoms with E-state index >= 15 is 0 Å². The summed E-state index contributed by atoms with van der Waals surface area (Å²) in [5.74, 6) is 0. The monoisotopic (exact) mass is 1080 g/mol. The molecule has 6 nitrogen and oxygen atoms in total. The zero-order valence-corrected chi connectivity index (χ0v) is 46.2. The number of hydrogen-bond acceptors (Lipinski definition) is 6. The Morgan fingerprint density at radius 2 is 0.262 bits per heavy atom. The molecule has 0 saturated heterocycles. The Labute approximate surface area is 490 Å². The number of nitrogen functional groups attached to an aromatic ring is 6. The number of rotatable bonds is 12. The molecular formula is C78H60N6. The summed E-state index contributed by atoms with van der Waals surface area (Å²) in [6.07, 6.45) is 0. The van der Waals surface area contributed by atoms with Gasteiger partial charge in [0.25, 0.3) is 0 Å². The molecule has 402 valence electrons. The van der Waals surface area contributed by atoms with Crippen LogP contribution in [0.3, 0.4) is 0 Å². The van der Waals surface area contributed by atoms with Gasteiger partial charge in [0, 0.05) is 34.1 Å². The maximum absolute atomic E-state index is 7.28. The van der Waals surface area contributed by atoms with Crippen molar-refractivity contribution >= 4 is 34.1 Å². The molecule has 0 atom stereocenters. The predicted molar refractivity (Wildman–Crippen MR) is 358 cm³/mol. The molecule has 0 bridgehead atoms. The van der Waals surface area contributed by atoms with Crippen LogP contribution in [0.25, 0.3) is 134 Å². The van der Waals surface area contributed by atoms with E-state index in [4.69, 9.17) is 34.4 Å².